The van der Waals surface area contributed by atoms with Gasteiger partial charge in [0.2, 0.25) is 5.91 Å². The van der Waals surface area contributed by atoms with Crippen molar-refractivity contribution in [2.24, 2.45) is 0 Å². The molecule has 1 N–H and O–H groups in total. The Balaban J connectivity index is 1.27. The number of likely N-dealkylation sites (N-methyl/N-ethyl adjacent to an activating group) is 1. The molecule has 0 spiro atoms. The van der Waals surface area contributed by atoms with Crippen molar-refractivity contribution in [2.75, 3.05) is 38.0 Å². The minimum Gasteiger partial charge on any atom is -0.326 e. The molecule has 1 aliphatic heterocycles. The lowest BCUT2D eigenvalue weighted by atomic mass is 10.1. The number of hydrogen-bond donors (Lipinski definition) is 1. The van der Waals surface area contributed by atoms with Crippen LogP contribution in [0.2, 0.25) is 0 Å². The molecular formula is C25H30N4OS. The van der Waals surface area contributed by atoms with Crippen molar-refractivity contribution in [3.05, 3.63) is 70.7 Å². The van der Waals surface area contributed by atoms with Crippen LogP contribution < -0.4 is 5.32 Å². The van der Waals surface area contributed by atoms with E-state index in [0.29, 0.717) is 0 Å². The molecule has 1 amide bonds. The molecule has 162 valence electrons. The standard InChI is InChI=1S/C25H30N4OS/c1-3-28-12-14-29(15-13-28)17-20-6-10-22(11-7-20)26-24(30)16-23-18-31-25(27-23)21-8-4-19(2)5-9-21/h4-11,18H,3,12-17H2,1-2H3,(H,26,30). The van der Waals surface area contributed by atoms with Crippen molar-refractivity contribution in [1.29, 1.82) is 0 Å². The van der Waals surface area contributed by atoms with E-state index in [1.165, 1.54) is 11.1 Å². The van der Waals surface area contributed by atoms with Gasteiger partial charge >= 0.3 is 0 Å². The lowest BCUT2D eigenvalue weighted by molar-refractivity contribution is -0.115. The predicted molar refractivity (Wildman–Crippen MR) is 128 cm³/mol. The molecule has 1 fully saturated rings. The monoisotopic (exact) mass is 434 g/mol. The number of amides is 1. The molecular weight excluding hydrogens is 404 g/mol. The highest BCUT2D eigenvalue weighted by atomic mass is 32.1. The maximum atomic E-state index is 12.5. The molecule has 5 nitrogen and oxygen atoms in total. The van der Waals surface area contributed by atoms with Crippen LogP contribution in [-0.2, 0) is 17.8 Å². The van der Waals surface area contributed by atoms with Crippen LogP contribution in [0.15, 0.2) is 53.9 Å². The van der Waals surface area contributed by atoms with Crippen LogP contribution in [-0.4, -0.2) is 53.4 Å². The zero-order valence-electron chi connectivity index (χ0n) is 18.3. The molecule has 0 bridgehead atoms. The predicted octanol–water partition coefficient (Wildman–Crippen LogP) is 4.44. The highest BCUT2D eigenvalue weighted by Crippen LogP contribution is 2.24. The first-order chi connectivity index (χ1) is 15.1. The number of hydrogen-bond acceptors (Lipinski definition) is 5. The van der Waals surface area contributed by atoms with Crippen LogP contribution in [0.3, 0.4) is 0 Å². The highest BCUT2D eigenvalue weighted by molar-refractivity contribution is 7.13. The van der Waals surface area contributed by atoms with Gasteiger partial charge in [0, 0.05) is 49.4 Å². The molecule has 0 aliphatic carbocycles. The quantitative estimate of drug-likeness (QED) is 0.597. The number of rotatable bonds is 7. The first kappa shape index (κ1) is 21.7. The third kappa shape index (κ3) is 6.00. The van der Waals surface area contributed by atoms with E-state index in [0.717, 1.165) is 61.2 Å². The summed E-state index contributed by atoms with van der Waals surface area (Å²) < 4.78 is 0. The van der Waals surface area contributed by atoms with Gasteiger partial charge in [0.25, 0.3) is 0 Å². The number of piperazine rings is 1. The minimum absolute atomic E-state index is 0.0378. The van der Waals surface area contributed by atoms with Gasteiger partial charge in [-0.3, -0.25) is 9.69 Å². The summed E-state index contributed by atoms with van der Waals surface area (Å²) in [6, 6.07) is 16.5. The van der Waals surface area contributed by atoms with Gasteiger partial charge in [-0.15, -0.1) is 11.3 Å². The Kier molecular flexibility index (Phi) is 7.12. The first-order valence-corrected chi connectivity index (χ1v) is 11.8. The summed E-state index contributed by atoms with van der Waals surface area (Å²) in [5, 5.41) is 5.92. The molecule has 1 aromatic heterocycles. The fraction of sp³-hybridized carbons (Fsp3) is 0.360. The van der Waals surface area contributed by atoms with E-state index in [1.54, 1.807) is 11.3 Å². The van der Waals surface area contributed by atoms with Gasteiger partial charge in [-0.05, 0) is 31.2 Å². The number of aromatic nitrogens is 1. The zero-order valence-corrected chi connectivity index (χ0v) is 19.1. The summed E-state index contributed by atoms with van der Waals surface area (Å²) in [6.07, 6.45) is 0.284. The van der Waals surface area contributed by atoms with Gasteiger partial charge in [0.1, 0.15) is 5.01 Å². The van der Waals surface area contributed by atoms with E-state index < -0.39 is 0 Å². The van der Waals surface area contributed by atoms with Crippen LogP contribution in [0, 0.1) is 6.92 Å². The summed E-state index contributed by atoms with van der Waals surface area (Å²) in [4.78, 5) is 22.1. The maximum Gasteiger partial charge on any atom is 0.230 e. The Morgan fingerprint density at radius 2 is 1.68 bits per heavy atom. The second kappa shape index (κ2) is 10.2. The molecule has 31 heavy (non-hydrogen) atoms. The minimum atomic E-state index is -0.0378. The number of nitrogens with zero attached hydrogens (tertiary/aromatic N) is 3. The van der Waals surface area contributed by atoms with E-state index in [9.17, 15) is 4.79 Å². The summed E-state index contributed by atoms with van der Waals surface area (Å²) >= 11 is 1.58. The normalized spacial score (nSPS) is 15.2. The smallest absolute Gasteiger partial charge is 0.230 e. The number of nitrogens with one attached hydrogen (secondary N) is 1. The lowest BCUT2D eigenvalue weighted by Gasteiger charge is -2.34. The number of aryl methyl sites for hydroxylation is 1. The second-order valence-electron chi connectivity index (χ2n) is 8.14. The summed E-state index contributed by atoms with van der Waals surface area (Å²) in [6.45, 7) is 10.9. The Morgan fingerprint density at radius 3 is 2.35 bits per heavy atom. The Morgan fingerprint density at radius 1 is 1.00 bits per heavy atom. The molecule has 0 atom stereocenters. The lowest BCUT2D eigenvalue weighted by Crippen LogP contribution is -2.45. The van der Waals surface area contributed by atoms with E-state index in [1.807, 2.05) is 17.5 Å². The van der Waals surface area contributed by atoms with Crippen molar-refractivity contribution < 1.29 is 4.79 Å². The second-order valence-corrected chi connectivity index (χ2v) is 9.00. The van der Waals surface area contributed by atoms with Crippen LogP contribution in [0.4, 0.5) is 5.69 Å². The number of benzene rings is 2. The summed E-state index contributed by atoms with van der Waals surface area (Å²) in [7, 11) is 0. The van der Waals surface area contributed by atoms with Crippen molar-refractivity contribution in [2.45, 2.75) is 26.8 Å². The fourth-order valence-electron chi connectivity index (χ4n) is 3.80. The molecule has 2 aromatic carbocycles. The van der Waals surface area contributed by atoms with Crippen molar-refractivity contribution in [1.82, 2.24) is 14.8 Å². The molecule has 0 saturated carbocycles. The third-order valence-electron chi connectivity index (χ3n) is 5.75. The molecule has 0 radical (unpaired) electrons. The average molecular weight is 435 g/mol. The molecule has 2 heterocycles. The number of carbonyl (C=O) groups is 1. The Bertz CT molecular complexity index is 989. The largest absolute Gasteiger partial charge is 0.326 e. The average Bonchev–Trinajstić information content (AvgIpc) is 3.24. The van der Waals surface area contributed by atoms with E-state index in [-0.39, 0.29) is 12.3 Å². The van der Waals surface area contributed by atoms with Gasteiger partial charge in [-0.2, -0.15) is 0 Å². The van der Waals surface area contributed by atoms with Crippen LogP contribution in [0.5, 0.6) is 0 Å². The maximum absolute atomic E-state index is 12.5. The van der Waals surface area contributed by atoms with Gasteiger partial charge in [-0.25, -0.2) is 4.98 Å². The van der Waals surface area contributed by atoms with E-state index >= 15 is 0 Å². The number of anilines is 1. The Labute approximate surface area is 188 Å². The topological polar surface area (TPSA) is 48.5 Å². The van der Waals surface area contributed by atoms with Crippen LogP contribution in [0.1, 0.15) is 23.7 Å². The molecule has 1 saturated heterocycles. The van der Waals surface area contributed by atoms with Gasteiger partial charge < -0.3 is 10.2 Å². The van der Waals surface area contributed by atoms with E-state index in [4.69, 9.17) is 0 Å². The summed E-state index contributed by atoms with van der Waals surface area (Å²) in [5.41, 5.74) is 5.24. The van der Waals surface area contributed by atoms with Crippen LogP contribution >= 0.6 is 11.3 Å². The van der Waals surface area contributed by atoms with Gasteiger partial charge in [0.05, 0.1) is 12.1 Å². The van der Waals surface area contributed by atoms with Crippen LogP contribution in [0.25, 0.3) is 10.6 Å². The van der Waals surface area contributed by atoms with Crippen molar-refractivity contribution in [3.63, 3.8) is 0 Å². The Hall–Kier alpha value is -2.54. The molecule has 4 rings (SSSR count). The molecule has 3 aromatic rings. The van der Waals surface area contributed by atoms with E-state index in [2.05, 4.69) is 70.3 Å². The SMILES string of the molecule is CCN1CCN(Cc2ccc(NC(=O)Cc3csc(-c4ccc(C)cc4)n3)cc2)CC1. The fourth-order valence-corrected chi connectivity index (χ4v) is 4.63. The van der Waals surface area contributed by atoms with Gasteiger partial charge in [-0.1, -0.05) is 48.9 Å². The highest BCUT2D eigenvalue weighted by Gasteiger charge is 2.15. The van der Waals surface area contributed by atoms with Gasteiger partial charge in [0.15, 0.2) is 0 Å². The number of carbonyl (C=O) groups excluding carboxylic acids is 1. The molecule has 1 aliphatic rings. The zero-order chi connectivity index (χ0) is 21.6. The third-order valence-corrected chi connectivity index (χ3v) is 6.69. The van der Waals surface area contributed by atoms with Crippen molar-refractivity contribution in [3.8, 4) is 10.6 Å². The van der Waals surface area contributed by atoms with Crippen molar-refractivity contribution >= 4 is 22.9 Å². The molecule has 6 heteroatoms. The molecule has 0 unspecified atom stereocenters. The summed E-state index contributed by atoms with van der Waals surface area (Å²) in [5.74, 6) is -0.0378. The number of thiazole rings is 1. The first-order valence-electron chi connectivity index (χ1n) is 10.9.